The Morgan fingerprint density at radius 1 is 1.03 bits per heavy atom. The highest BCUT2D eigenvalue weighted by Gasteiger charge is 2.30. The van der Waals surface area contributed by atoms with E-state index in [0.29, 0.717) is 52.2 Å². The number of benzene rings is 2. The number of fused-ring (bicyclic) bond motifs is 1. The van der Waals surface area contributed by atoms with Gasteiger partial charge in [-0.2, -0.15) is 10.4 Å². The molecule has 9 heteroatoms. The molecule has 184 valence electrons. The number of rotatable bonds is 6. The molecule has 0 unspecified atom stereocenters. The van der Waals surface area contributed by atoms with Crippen LogP contribution >= 0.6 is 23.2 Å². The molecule has 0 saturated carbocycles. The van der Waals surface area contributed by atoms with Gasteiger partial charge in [-0.25, -0.2) is 4.68 Å². The second kappa shape index (κ2) is 10.9. The van der Waals surface area contributed by atoms with Gasteiger partial charge in [-0.1, -0.05) is 53.5 Å². The SMILES string of the molecule is N#Cc1cnn2c1N(C(=O)CCN1CCN(Cc3ccccc3)CC1)CC=C2c1cc(Cl)ccc1Cl. The molecule has 2 aromatic carbocycles. The highest BCUT2D eigenvalue weighted by atomic mass is 35.5. The zero-order valence-corrected chi connectivity index (χ0v) is 21.3. The average Bonchev–Trinajstić information content (AvgIpc) is 3.34. The summed E-state index contributed by atoms with van der Waals surface area (Å²) in [5, 5.41) is 15.1. The van der Waals surface area contributed by atoms with Crippen LogP contribution in [-0.2, 0) is 11.3 Å². The van der Waals surface area contributed by atoms with Crippen molar-refractivity contribution in [2.24, 2.45) is 0 Å². The molecule has 0 aliphatic carbocycles. The third kappa shape index (κ3) is 5.18. The van der Waals surface area contributed by atoms with E-state index in [4.69, 9.17) is 23.2 Å². The van der Waals surface area contributed by atoms with Gasteiger partial charge in [0, 0.05) is 62.8 Å². The first-order chi connectivity index (χ1) is 17.5. The highest BCUT2D eigenvalue weighted by molar-refractivity contribution is 6.34. The maximum Gasteiger partial charge on any atom is 0.229 e. The molecule has 0 bridgehead atoms. The molecule has 3 heterocycles. The summed E-state index contributed by atoms with van der Waals surface area (Å²) in [5.74, 6) is 0.441. The molecule has 5 rings (SSSR count). The Labute approximate surface area is 220 Å². The lowest BCUT2D eigenvalue weighted by Crippen LogP contribution is -2.47. The molecule has 2 aliphatic rings. The summed E-state index contributed by atoms with van der Waals surface area (Å²) in [6.07, 6.45) is 3.76. The fourth-order valence-electron chi connectivity index (χ4n) is 4.75. The second-order valence-corrected chi connectivity index (χ2v) is 9.82. The van der Waals surface area contributed by atoms with E-state index >= 15 is 0 Å². The molecule has 7 nitrogen and oxygen atoms in total. The van der Waals surface area contributed by atoms with E-state index in [1.807, 2.05) is 12.1 Å². The van der Waals surface area contributed by atoms with Gasteiger partial charge in [0.05, 0.1) is 16.9 Å². The summed E-state index contributed by atoms with van der Waals surface area (Å²) in [6.45, 7) is 5.78. The van der Waals surface area contributed by atoms with E-state index in [2.05, 4.69) is 45.2 Å². The van der Waals surface area contributed by atoms with Crippen molar-refractivity contribution in [3.05, 3.63) is 87.5 Å². The van der Waals surface area contributed by atoms with Crippen molar-refractivity contribution in [1.29, 1.82) is 5.26 Å². The predicted octanol–water partition coefficient (Wildman–Crippen LogP) is 4.51. The third-order valence-corrected chi connectivity index (χ3v) is 7.24. The topological polar surface area (TPSA) is 68.4 Å². The minimum atomic E-state index is -0.0348. The van der Waals surface area contributed by atoms with Gasteiger partial charge in [0.1, 0.15) is 11.6 Å². The van der Waals surface area contributed by atoms with Crippen molar-refractivity contribution in [3.63, 3.8) is 0 Å². The summed E-state index contributed by atoms with van der Waals surface area (Å²) in [7, 11) is 0. The number of nitriles is 1. The van der Waals surface area contributed by atoms with Crippen LogP contribution in [0.25, 0.3) is 5.70 Å². The molecule has 1 aromatic heterocycles. The molecule has 0 radical (unpaired) electrons. The number of halogens is 2. The van der Waals surface area contributed by atoms with Gasteiger partial charge in [-0.15, -0.1) is 0 Å². The van der Waals surface area contributed by atoms with Crippen LogP contribution in [-0.4, -0.2) is 64.8 Å². The monoisotopic (exact) mass is 520 g/mol. The average molecular weight is 521 g/mol. The van der Waals surface area contributed by atoms with Crippen molar-refractivity contribution in [1.82, 2.24) is 19.6 Å². The van der Waals surface area contributed by atoms with Gasteiger partial charge in [-0.05, 0) is 29.8 Å². The molecule has 1 amide bonds. The molecule has 1 fully saturated rings. The smallest absolute Gasteiger partial charge is 0.229 e. The predicted molar refractivity (Wildman–Crippen MR) is 142 cm³/mol. The van der Waals surface area contributed by atoms with Crippen molar-refractivity contribution in [3.8, 4) is 6.07 Å². The molecule has 0 atom stereocenters. The Kier molecular flexibility index (Phi) is 7.40. The zero-order valence-electron chi connectivity index (χ0n) is 19.8. The van der Waals surface area contributed by atoms with Gasteiger partial charge >= 0.3 is 0 Å². The van der Waals surface area contributed by atoms with E-state index in [1.165, 1.54) is 11.8 Å². The fraction of sp³-hybridized carbons (Fsp3) is 0.296. The van der Waals surface area contributed by atoms with E-state index in [0.717, 1.165) is 32.7 Å². The van der Waals surface area contributed by atoms with Gasteiger partial charge in [-0.3, -0.25) is 14.6 Å². The number of carbonyl (C=O) groups is 1. The molecule has 3 aromatic rings. The maximum atomic E-state index is 13.3. The minimum Gasteiger partial charge on any atom is -0.300 e. The van der Waals surface area contributed by atoms with Crippen LogP contribution in [0.4, 0.5) is 5.82 Å². The van der Waals surface area contributed by atoms with E-state index in [-0.39, 0.29) is 5.91 Å². The first-order valence-corrected chi connectivity index (χ1v) is 12.7. The molecule has 1 saturated heterocycles. The Hall–Kier alpha value is -3.15. The normalized spacial score (nSPS) is 16.4. The summed E-state index contributed by atoms with van der Waals surface area (Å²) in [4.78, 5) is 19.7. The maximum absolute atomic E-state index is 13.3. The van der Waals surface area contributed by atoms with Gasteiger partial charge in [0.15, 0.2) is 5.82 Å². The Morgan fingerprint density at radius 3 is 2.53 bits per heavy atom. The standard InChI is InChI=1S/C27H26Cl2N6O/c28-22-6-7-24(29)23(16-22)25-8-11-34(27-21(17-30)18-31-35(25)27)26(36)9-10-32-12-14-33(15-13-32)19-20-4-2-1-3-5-20/h1-8,16,18H,9-15,19H2. The highest BCUT2D eigenvalue weighted by Crippen LogP contribution is 2.35. The Bertz CT molecular complexity index is 1320. The first kappa shape index (κ1) is 24.5. The largest absolute Gasteiger partial charge is 0.300 e. The number of aromatic nitrogens is 2. The van der Waals surface area contributed by atoms with Gasteiger partial charge in [0.2, 0.25) is 5.91 Å². The molecular weight excluding hydrogens is 495 g/mol. The number of nitrogens with zero attached hydrogens (tertiary/aromatic N) is 6. The summed E-state index contributed by atoms with van der Waals surface area (Å²) in [5.41, 5.74) is 3.08. The van der Waals surface area contributed by atoms with Crippen LogP contribution in [0, 0.1) is 11.3 Å². The molecular formula is C27H26Cl2N6O. The summed E-state index contributed by atoms with van der Waals surface area (Å²) >= 11 is 12.6. The van der Waals surface area contributed by atoms with Crippen molar-refractivity contribution < 1.29 is 4.79 Å². The number of hydrogen-bond acceptors (Lipinski definition) is 5. The van der Waals surface area contributed by atoms with Crippen LogP contribution in [0.5, 0.6) is 0 Å². The van der Waals surface area contributed by atoms with Gasteiger partial charge in [0.25, 0.3) is 0 Å². The summed E-state index contributed by atoms with van der Waals surface area (Å²) < 4.78 is 1.61. The second-order valence-electron chi connectivity index (χ2n) is 8.98. The molecule has 36 heavy (non-hydrogen) atoms. The van der Waals surface area contributed by atoms with Crippen LogP contribution < -0.4 is 4.90 Å². The summed E-state index contributed by atoms with van der Waals surface area (Å²) in [6, 6.07) is 17.9. The lowest BCUT2D eigenvalue weighted by Gasteiger charge is -2.35. The van der Waals surface area contributed by atoms with Crippen molar-refractivity contribution in [2.75, 3.05) is 44.2 Å². The fourth-order valence-corrected chi connectivity index (χ4v) is 5.13. The minimum absolute atomic E-state index is 0.0348. The number of carbonyl (C=O) groups excluding carboxylic acids is 1. The third-order valence-electron chi connectivity index (χ3n) is 6.68. The molecule has 0 N–H and O–H groups in total. The number of amides is 1. The lowest BCUT2D eigenvalue weighted by molar-refractivity contribution is -0.119. The Balaban J connectivity index is 1.23. The lowest BCUT2D eigenvalue weighted by atomic mass is 10.1. The van der Waals surface area contributed by atoms with E-state index < -0.39 is 0 Å². The van der Waals surface area contributed by atoms with Crippen LogP contribution in [0.15, 0.2) is 60.8 Å². The van der Waals surface area contributed by atoms with E-state index in [1.54, 1.807) is 27.8 Å². The first-order valence-electron chi connectivity index (χ1n) is 12.0. The van der Waals surface area contributed by atoms with Crippen LogP contribution in [0.3, 0.4) is 0 Å². The quantitative estimate of drug-likeness (QED) is 0.478. The molecule has 2 aliphatic heterocycles. The Morgan fingerprint density at radius 2 is 1.78 bits per heavy atom. The number of anilines is 1. The van der Waals surface area contributed by atoms with Crippen LogP contribution in [0.2, 0.25) is 10.0 Å². The van der Waals surface area contributed by atoms with E-state index in [9.17, 15) is 10.1 Å². The zero-order chi connectivity index (χ0) is 25.1. The van der Waals surface area contributed by atoms with Crippen LogP contribution in [0.1, 0.15) is 23.1 Å². The molecule has 0 spiro atoms. The number of hydrogen-bond donors (Lipinski definition) is 0. The van der Waals surface area contributed by atoms with Crippen molar-refractivity contribution in [2.45, 2.75) is 13.0 Å². The van der Waals surface area contributed by atoms with Gasteiger partial charge < -0.3 is 4.90 Å². The number of piperazine rings is 1. The van der Waals surface area contributed by atoms with Crippen molar-refractivity contribution >= 4 is 40.6 Å².